The average Bonchev–Trinajstić information content (AvgIpc) is 3.01. The number of carbonyl (C=O) groups excluding carboxylic acids is 1. The number of halogens is 2. The fourth-order valence-corrected chi connectivity index (χ4v) is 4.36. The van der Waals surface area contributed by atoms with Crippen LogP contribution in [0.2, 0.25) is 5.02 Å². The predicted molar refractivity (Wildman–Crippen MR) is 181 cm³/mol. The van der Waals surface area contributed by atoms with Crippen LogP contribution in [0.1, 0.15) is 111 Å². The monoisotopic (exact) mass is 588 g/mol. The molecule has 2 aromatic rings. The molecule has 41 heavy (non-hydrogen) atoms. The minimum atomic E-state index is -0.307. The fraction of sp³-hybridized carbons (Fsp3) is 0.528. The van der Waals surface area contributed by atoms with Crippen molar-refractivity contribution in [1.29, 1.82) is 0 Å². The number of nitrogens with one attached hydrogen (secondary N) is 1. The van der Waals surface area contributed by atoms with Crippen molar-refractivity contribution in [1.82, 2.24) is 10.2 Å². The van der Waals surface area contributed by atoms with E-state index in [-0.39, 0.29) is 17.0 Å². The standard InChI is InChI=1S/C22H25ClFNO.C8H15N.3C2H6/c1-22(18-6-8-19(23)9-7-18)12-15-25(16-13-22)14-2-3-21(26)17-4-10-20(24)11-5-17;1-4-6-7-8(3)9-5-2;3*1-2/h4-11H,2-3,12-16H2,1H3;4,6-7,9H,5H2,1-3H3;3*1-2H3/b;6-4-,8-7+;;;. The van der Waals surface area contributed by atoms with Gasteiger partial charge >= 0.3 is 0 Å². The molecule has 0 spiro atoms. The van der Waals surface area contributed by atoms with Crippen molar-refractivity contribution < 1.29 is 9.18 Å². The molecular weight excluding hydrogens is 531 g/mol. The molecule has 1 saturated heterocycles. The van der Waals surface area contributed by atoms with E-state index >= 15 is 0 Å². The van der Waals surface area contributed by atoms with Gasteiger partial charge < -0.3 is 10.2 Å². The molecule has 0 amide bonds. The fourth-order valence-electron chi connectivity index (χ4n) is 4.23. The van der Waals surface area contributed by atoms with Gasteiger partial charge in [-0.15, -0.1) is 0 Å². The first-order chi connectivity index (χ1) is 19.8. The molecule has 0 aliphatic carbocycles. The van der Waals surface area contributed by atoms with E-state index in [0.717, 1.165) is 50.5 Å². The number of carbonyl (C=O) groups is 1. The molecule has 0 atom stereocenters. The quantitative estimate of drug-likeness (QED) is 0.233. The summed E-state index contributed by atoms with van der Waals surface area (Å²) < 4.78 is 12.9. The molecule has 1 N–H and O–H groups in total. The van der Waals surface area contributed by atoms with Gasteiger partial charge in [0.25, 0.3) is 0 Å². The van der Waals surface area contributed by atoms with E-state index in [0.29, 0.717) is 12.0 Å². The highest BCUT2D eigenvalue weighted by molar-refractivity contribution is 6.30. The van der Waals surface area contributed by atoms with Crippen molar-refractivity contribution >= 4 is 17.4 Å². The zero-order chi connectivity index (χ0) is 31.7. The number of rotatable bonds is 9. The molecule has 1 aliphatic heterocycles. The number of allylic oxidation sites excluding steroid dienone is 4. The Kier molecular flexibility index (Phi) is 25.1. The maximum Gasteiger partial charge on any atom is 0.162 e. The van der Waals surface area contributed by atoms with Crippen LogP contribution in [0.25, 0.3) is 0 Å². The smallest absolute Gasteiger partial charge is 0.162 e. The number of hydrogen-bond donors (Lipinski definition) is 1. The Bertz CT molecular complexity index is 960. The van der Waals surface area contributed by atoms with Crippen molar-refractivity contribution in [3.05, 3.63) is 94.4 Å². The third-order valence-corrected chi connectivity index (χ3v) is 6.79. The normalized spacial score (nSPS) is 14.1. The number of piperidine rings is 1. The van der Waals surface area contributed by atoms with Crippen LogP contribution in [0.5, 0.6) is 0 Å². The third kappa shape index (κ3) is 17.2. The van der Waals surface area contributed by atoms with Gasteiger partial charge in [-0.25, -0.2) is 4.39 Å². The Morgan fingerprint density at radius 2 is 1.51 bits per heavy atom. The summed E-state index contributed by atoms with van der Waals surface area (Å²) in [4.78, 5) is 14.6. The predicted octanol–water partition coefficient (Wildman–Crippen LogP) is 10.7. The zero-order valence-corrected chi connectivity index (χ0v) is 28.4. The van der Waals surface area contributed by atoms with Gasteiger partial charge in [-0.2, -0.15) is 0 Å². The number of Topliss-reactive ketones (excluding diaryl/α,β-unsaturated/α-hetero) is 1. The molecular formula is C36H58ClFN2O. The molecule has 1 heterocycles. The second-order valence-corrected chi connectivity index (χ2v) is 9.79. The first-order valence-corrected chi connectivity index (χ1v) is 16.0. The zero-order valence-electron chi connectivity index (χ0n) is 27.6. The lowest BCUT2D eigenvalue weighted by atomic mass is 9.74. The minimum absolute atomic E-state index is 0.0908. The Morgan fingerprint density at radius 3 is 2.00 bits per heavy atom. The molecule has 2 aromatic carbocycles. The van der Waals surface area contributed by atoms with Gasteiger partial charge in [-0.3, -0.25) is 4.79 Å². The number of hydrogen-bond acceptors (Lipinski definition) is 3. The Hall–Kier alpha value is -2.43. The summed E-state index contributed by atoms with van der Waals surface area (Å²) in [6.45, 7) is 24.5. The minimum Gasteiger partial charge on any atom is -0.389 e. The van der Waals surface area contributed by atoms with Crippen molar-refractivity contribution in [2.75, 3.05) is 26.2 Å². The van der Waals surface area contributed by atoms with E-state index < -0.39 is 0 Å². The number of likely N-dealkylation sites (tertiary alicyclic amines) is 1. The lowest BCUT2D eigenvalue weighted by Gasteiger charge is -2.40. The van der Waals surface area contributed by atoms with Gasteiger partial charge in [0.05, 0.1) is 0 Å². The second-order valence-electron chi connectivity index (χ2n) is 9.35. The number of benzene rings is 2. The third-order valence-electron chi connectivity index (χ3n) is 6.54. The lowest BCUT2D eigenvalue weighted by Crippen LogP contribution is -2.41. The van der Waals surface area contributed by atoms with Crippen molar-refractivity contribution in [3.8, 4) is 0 Å². The maximum absolute atomic E-state index is 12.9. The van der Waals surface area contributed by atoms with E-state index in [9.17, 15) is 9.18 Å². The molecule has 1 aliphatic rings. The lowest BCUT2D eigenvalue weighted by molar-refractivity contribution is 0.0968. The van der Waals surface area contributed by atoms with Crippen LogP contribution in [0, 0.1) is 5.82 Å². The summed E-state index contributed by atoms with van der Waals surface area (Å²) in [7, 11) is 0. The first-order valence-electron chi connectivity index (χ1n) is 15.6. The van der Waals surface area contributed by atoms with Crippen molar-refractivity contribution in [3.63, 3.8) is 0 Å². The molecule has 0 saturated carbocycles. The summed E-state index contributed by atoms with van der Waals surface area (Å²) in [6.07, 6.45) is 9.67. The van der Waals surface area contributed by atoms with Crippen LogP contribution in [-0.2, 0) is 5.41 Å². The highest BCUT2D eigenvalue weighted by Crippen LogP contribution is 2.35. The largest absolute Gasteiger partial charge is 0.389 e. The topological polar surface area (TPSA) is 32.3 Å². The average molecular weight is 589 g/mol. The van der Waals surface area contributed by atoms with Gasteiger partial charge in [0, 0.05) is 29.2 Å². The molecule has 232 valence electrons. The number of nitrogens with zero attached hydrogens (tertiary/aromatic N) is 1. The van der Waals surface area contributed by atoms with Gasteiger partial charge in [0.2, 0.25) is 0 Å². The molecule has 0 radical (unpaired) electrons. The highest BCUT2D eigenvalue weighted by atomic mass is 35.5. The molecule has 0 bridgehead atoms. The van der Waals surface area contributed by atoms with Gasteiger partial charge in [0.15, 0.2) is 5.78 Å². The van der Waals surface area contributed by atoms with E-state index in [1.165, 1.54) is 23.4 Å². The molecule has 1 fully saturated rings. The Labute approximate surface area is 257 Å². The van der Waals surface area contributed by atoms with Crippen molar-refractivity contribution in [2.45, 2.75) is 100 Å². The first kappa shape index (κ1) is 40.7. The Balaban J connectivity index is 0. The molecule has 0 unspecified atom stereocenters. The Morgan fingerprint density at radius 1 is 0.976 bits per heavy atom. The van der Waals surface area contributed by atoms with Crippen LogP contribution in [-0.4, -0.2) is 36.9 Å². The van der Waals surface area contributed by atoms with E-state index in [2.05, 4.69) is 49.2 Å². The summed E-state index contributed by atoms with van der Waals surface area (Å²) in [5, 5.41) is 3.97. The second kappa shape index (κ2) is 25.3. The van der Waals surface area contributed by atoms with Crippen LogP contribution in [0.4, 0.5) is 4.39 Å². The number of ketones is 1. The SMILES string of the molecule is C/C=C\C=C(/C)NCC.CC.CC.CC.CC1(c2ccc(Cl)cc2)CCN(CCCC(=O)c2ccc(F)cc2)CC1. The van der Waals surface area contributed by atoms with Gasteiger partial charge in [0.1, 0.15) is 5.82 Å². The highest BCUT2D eigenvalue weighted by Gasteiger charge is 2.31. The van der Waals surface area contributed by atoms with E-state index in [1.807, 2.05) is 72.8 Å². The van der Waals surface area contributed by atoms with Crippen molar-refractivity contribution in [2.24, 2.45) is 0 Å². The molecule has 3 nitrogen and oxygen atoms in total. The molecule has 3 rings (SSSR count). The van der Waals surface area contributed by atoms with E-state index in [4.69, 9.17) is 11.6 Å². The van der Waals surface area contributed by atoms with Crippen LogP contribution >= 0.6 is 11.6 Å². The summed E-state index contributed by atoms with van der Waals surface area (Å²) in [5.41, 5.74) is 3.37. The van der Waals surface area contributed by atoms with Crippen LogP contribution in [0.3, 0.4) is 0 Å². The molecule has 5 heteroatoms. The van der Waals surface area contributed by atoms with Crippen LogP contribution in [0.15, 0.2) is 72.5 Å². The maximum atomic E-state index is 12.9. The van der Waals surface area contributed by atoms with Gasteiger partial charge in [-0.05, 0) is 113 Å². The summed E-state index contributed by atoms with van der Waals surface area (Å²) in [5.74, 6) is -0.216. The van der Waals surface area contributed by atoms with Crippen LogP contribution < -0.4 is 5.32 Å². The summed E-state index contributed by atoms with van der Waals surface area (Å²) >= 11 is 6.00. The van der Waals surface area contributed by atoms with Gasteiger partial charge in [-0.1, -0.05) is 84.4 Å². The summed E-state index contributed by atoms with van der Waals surface area (Å²) in [6, 6.07) is 14.0. The molecule has 0 aromatic heterocycles. The van der Waals surface area contributed by atoms with E-state index in [1.54, 1.807) is 12.1 Å².